The van der Waals surface area contributed by atoms with E-state index >= 15 is 0 Å². The highest BCUT2D eigenvalue weighted by molar-refractivity contribution is 4.86. The molecule has 1 aliphatic carbocycles. The highest BCUT2D eigenvalue weighted by Gasteiger charge is 2.30. The molecule has 2 fully saturated rings. The molecule has 0 amide bonds. The van der Waals surface area contributed by atoms with Crippen LogP contribution in [-0.4, -0.2) is 50.3 Å². The Kier molecular flexibility index (Phi) is 5.26. The predicted octanol–water partition coefficient (Wildman–Crippen LogP) is 1.73. The number of hydrogen-bond donors (Lipinski definition) is 1. The first-order chi connectivity index (χ1) is 8.25. The van der Waals surface area contributed by atoms with Gasteiger partial charge in [0.15, 0.2) is 0 Å². The van der Waals surface area contributed by atoms with Crippen LogP contribution >= 0.6 is 0 Å². The minimum Gasteiger partial charge on any atom is -0.379 e. The lowest BCUT2D eigenvalue weighted by Gasteiger charge is -2.38. The summed E-state index contributed by atoms with van der Waals surface area (Å²) in [6.45, 7) is 11.2. The Balaban J connectivity index is 1.44. The maximum Gasteiger partial charge on any atom is 0.0594 e. The number of morpholine rings is 1. The Morgan fingerprint density at radius 1 is 1.24 bits per heavy atom. The number of nitrogens with zero attached hydrogens (tertiary/aromatic N) is 1. The molecular weight excluding hydrogens is 212 g/mol. The first-order valence-electron chi connectivity index (χ1n) is 7.29. The lowest BCUT2D eigenvalue weighted by molar-refractivity contribution is 0.0371. The Labute approximate surface area is 106 Å². The van der Waals surface area contributed by atoms with Crippen molar-refractivity contribution in [3.05, 3.63) is 0 Å². The van der Waals surface area contributed by atoms with Crippen LogP contribution < -0.4 is 5.32 Å². The van der Waals surface area contributed by atoms with Gasteiger partial charge < -0.3 is 10.1 Å². The van der Waals surface area contributed by atoms with Crippen LogP contribution in [0.25, 0.3) is 0 Å². The van der Waals surface area contributed by atoms with Gasteiger partial charge in [0.2, 0.25) is 0 Å². The van der Waals surface area contributed by atoms with Crippen LogP contribution in [0.1, 0.15) is 33.1 Å². The fourth-order valence-corrected chi connectivity index (χ4v) is 2.81. The van der Waals surface area contributed by atoms with E-state index < -0.39 is 0 Å². The van der Waals surface area contributed by atoms with Crippen LogP contribution in [0.5, 0.6) is 0 Å². The Hall–Kier alpha value is -0.120. The third-order valence-electron chi connectivity index (χ3n) is 4.31. The van der Waals surface area contributed by atoms with E-state index in [0.717, 1.165) is 44.2 Å². The molecule has 0 radical (unpaired) electrons. The lowest BCUT2D eigenvalue weighted by Crippen LogP contribution is -2.44. The van der Waals surface area contributed by atoms with Crippen LogP contribution in [0.3, 0.4) is 0 Å². The van der Waals surface area contributed by atoms with E-state index in [-0.39, 0.29) is 0 Å². The van der Waals surface area contributed by atoms with Gasteiger partial charge in [-0.25, -0.2) is 0 Å². The fourth-order valence-electron chi connectivity index (χ4n) is 2.81. The van der Waals surface area contributed by atoms with Gasteiger partial charge in [-0.1, -0.05) is 13.8 Å². The number of ether oxygens (including phenoxy) is 1. The van der Waals surface area contributed by atoms with Crippen LogP contribution in [0.2, 0.25) is 0 Å². The topological polar surface area (TPSA) is 24.5 Å². The Morgan fingerprint density at radius 2 is 1.94 bits per heavy atom. The minimum atomic E-state index is 0.812. The van der Waals surface area contributed by atoms with Crippen molar-refractivity contribution >= 4 is 0 Å². The first kappa shape index (κ1) is 13.3. The van der Waals surface area contributed by atoms with Crippen LogP contribution in [-0.2, 0) is 4.74 Å². The molecule has 0 aromatic carbocycles. The first-order valence-corrected chi connectivity index (χ1v) is 7.29. The van der Waals surface area contributed by atoms with Gasteiger partial charge in [-0.15, -0.1) is 0 Å². The van der Waals surface area contributed by atoms with Gasteiger partial charge in [-0.05, 0) is 44.2 Å². The summed E-state index contributed by atoms with van der Waals surface area (Å²) in [5.74, 6) is 1.85. The van der Waals surface area contributed by atoms with Crippen molar-refractivity contribution in [2.45, 2.75) is 39.2 Å². The summed E-state index contributed by atoms with van der Waals surface area (Å²) in [4.78, 5) is 2.52. The minimum absolute atomic E-state index is 0.812. The van der Waals surface area contributed by atoms with E-state index in [4.69, 9.17) is 4.74 Å². The van der Waals surface area contributed by atoms with Crippen molar-refractivity contribution < 1.29 is 4.74 Å². The van der Waals surface area contributed by atoms with Crippen molar-refractivity contribution in [2.75, 3.05) is 39.4 Å². The van der Waals surface area contributed by atoms with E-state index in [1.807, 2.05) is 0 Å². The second-order valence-corrected chi connectivity index (χ2v) is 5.93. The molecule has 0 aromatic heterocycles. The predicted molar refractivity (Wildman–Crippen MR) is 71.2 cm³/mol. The quantitative estimate of drug-likeness (QED) is 0.716. The van der Waals surface area contributed by atoms with Gasteiger partial charge in [0.25, 0.3) is 0 Å². The molecule has 0 unspecified atom stereocenters. The third-order valence-corrected chi connectivity index (χ3v) is 4.31. The van der Waals surface area contributed by atoms with Gasteiger partial charge in [0.1, 0.15) is 0 Å². The number of hydrogen-bond acceptors (Lipinski definition) is 3. The molecule has 3 nitrogen and oxygen atoms in total. The van der Waals surface area contributed by atoms with Gasteiger partial charge >= 0.3 is 0 Å². The molecule has 1 N–H and O–H groups in total. The van der Waals surface area contributed by atoms with Crippen LogP contribution in [0.4, 0.5) is 0 Å². The molecule has 0 bridgehead atoms. The van der Waals surface area contributed by atoms with Crippen molar-refractivity contribution in [1.82, 2.24) is 10.2 Å². The van der Waals surface area contributed by atoms with Crippen molar-refractivity contribution in [3.8, 4) is 0 Å². The lowest BCUT2D eigenvalue weighted by atomic mass is 9.74. The van der Waals surface area contributed by atoms with E-state index in [2.05, 4.69) is 24.1 Å². The van der Waals surface area contributed by atoms with E-state index in [0.29, 0.717) is 0 Å². The molecule has 1 saturated heterocycles. The van der Waals surface area contributed by atoms with Crippen molar-refractivity contribution in [3.63, 3.8) is 0 Å². The summed E-state index contributed by atoms with van der Waals surface area (Å²) in [6.07, 6.45) is 4.08. The maximum atomic E-state index is 5.35. The van der Waals surface area contributed by atoms with Crippen LogP contribution in [0, 0.1) is 11.8 Å². The average Bonchev–Trinajstić information content (AvgIpc) is 2.27. The zero-order chi connectivity index (χ0) is 12.1. The van der Waals surface area contributed by atoms with Crippen LogP contribution in [0.15, 0.2) is 0 Å². The molecule has 100 valence electrons. The van der Waals surface area contributed by atoms with Gasteiger partial charge in [0.05, 0.1) is 13.2 Å². The highest BCUT2D eigenvalue weighted by Crippen LogP contribution is 2.33. The standard InChI is InChI=1S/C14H28N2O/c1-12(2)13-10-14(11-13)15-4-3-5-16-6-8-17-9-7-16/h12-15H,3-11H2,1-2H3. The zero-order valence-corrected chi connectivity index (χ0v) is 11.5. The Bertz CT molecular complexity index is 208. The second-order valence-electron chi connectivity index (χ2n) is 5.93. The summed E-state index contributed by atoms with van der Waals surface area (Å²) < 4.78 is 5.35. The molecule has 1 saturated carbocycles. The molecule has 0 aromatic rings. The second kappa shape index (κ2) is 6.72. The summed E-state index contributed by atoms with van der Waals surface area (Å²) in [7, 11) is 0. The van der Waals surface area contributed by atoms with Gasteiger partial charge in [0, 0.05) is 19.1 Å². The molecule has 2 aliphatic rings. The summed E-state index contributed by atoms with van der Waals surface area (Å²) in [5.41, 5.74) is 0. The van der Waals surface area contributed by atoms with Crippen molar-refractivity contribution in [1.29, 1.82) is 0 Å². The molecule has 0 spiro atoms. The number of nitrogens with one attached hydrogen (secondary N) is 1. The number of rotatable bonds is 6. The average molecular weight is 240 g/mol. The maximum absolute atomic E-state index is 5.35. The fraction of sp³-hybridized carbons (Fsp3) is 1.00. The Morgan fingerprint density at radius 3 is 2.59 bits per heavy atom. The molecule has 1 aliphatic heterocycles. The third kappa shape index (κ3) is 4.23. The van der Waals surface area contributed by atoms with E-state index in [1.54, 1.807) is 0 Å². The molecule has 0 atom stereocenters. The monoisotopic (exact) mass is 240 g/mol. The summed E-state index contributed by atoms with van der Waals surface area (Å²) in [5, 5.41) is 3.69. The normalized spacial score (nSPS) is 30.5. The van der Waals surface area contributed by atoms with E-state index in [1.165, 1.54) is 32.4 Å². The van der Waals surface area contributed by atoms with Gasteiger partial charge in [-0.2, -0.15) is 0 Å². The smallest absolute Gasteiger partial charge is 0.0594 e. The summed E-state index contributed by atoms with van der Waals surface area (Å²) >= 11 is 0. The largest absolute Gasteiger partial charge is 0.379 e. The summed E-state index contributed by atoms with van der Waals surface area (Å²) in [6, 6.07) is 0.812. The van der Waals surface area contributed by atoms with Crippen molar-refractivity contribution in [2.24, 2.45) is 11.8 Å². The highest BCUT2D eigenvalue weighted by atomic mass is 16.5. The SMILES string of the molecule is CC(C)C1CC(NCCCN2CCOCC2)C1. The zero-order valence-electron chi connectivity index (χ0n) is 11.5. The van der Waals surface area contributed by atoms with Gasteiger partial charge in [-0.3, -0.25) is 4.90 Å². The molecule has 17 heavy (non-hydrogen) atoms. The van der Waals surface area contributed by atoms with E-state index in [9.17, 15) is 0 Å². The molecule has 1 heterocycles. The molecule has 2 rings (SSSR count). The molecular formula is C14H28N2O. The molecule has 3 heteroatoms.